The fourth-order valence-electron chi connectivity index (χ4n) is 2.16. The second-order valence-electron chi connectivity index (χ2n) is 4.35. The second-order valence-corrected chi connectivity index (χ2v) is 4.35. The third kappa shape index (κ3) is 1.52. The van der Waals surface area contributed by atoms with Gasteiger partial charge in [0.2, 0.25) is 0 Å². The highest BCUT2D eigenvalue weighted by Crippen LogP contribution is 2.27. The SMILES string of the molecule is CCC(N)(CC)c1nc2ccccc2n1C. The first kappa shape index (κ1) is 11.1. The Hall–Kier alpha value is -1.35. The maximum Gasteiger partial charge on any atom is 0.129 e. The lowest BCUT2D eigenvalue weighted by atomic mass is 9.93. The molecule has 0 saturated carbocycles. The Balaban J connectivity index is 2.65. The van der Waals surface area contributed by atoms with Gasteiger partial charge in [-0.1, -0.05) is 26.0 Å². The van der Waals surface area contributed by atoms with E-state index in [1.54, 1.807) is 0 Å². The second kappa shape index (κ2) is 3.91. The summed E-state index contributed by atoms with van der Waals surface area (Å²) in [5.41, 5.74) is 8.26. The lowest BCUT2D eigenvalue weighted by molar-refractivity contribution is 0.378. The molecule has 3 nitrogen and oxygen atoms in total. The van der Waals surface area contributed by atoms with Gasteiger partial charge in [-0.25, -0.2) is 4.98 Å². The highest BCUT2D eigenvalue weighted by molar-refractivity contribution is 5.76. The van der Waals surface area contributed by atoms with Gasteiger partial charge in [0.05, 0.1) is 16.6 Å². The third-order valence-corrected chi connectivity index (χ3v) is 3.49. The molecule has 0 atom stereocenters. The van der Waals surface area contributed by atoms with Gasteiger partial charge in [-0.2, -0.15) is 0 Å². The Morgan fingerprint density at radius 1 is 1.25 bits per heavy atom. The van der Waals surface area contributed by atoms with E-state index in [0.717, 1.165) is 29.7 Å². The zero-order valence-corrected chi connectivity index (χ0v) is 10.2. The third-order valence-electron chi connectivity index (χ3n) is 3.49. The van der Waals surface area contributed by atoms with Crippen LogP contribution in [0.25, 0.3) is 11.0 Å². The molecule has 0 amide bonds. The van der Waals surface area contributed by atoms with E-state index in [9.17, 15) is 0 Å². The van der Waals surface area contributed by atoms with Crippen LogP contribution in [-0.4, -0.2) is 9.55 Å². The highest BCUT2D eigenvalue weighted by atomic mass is 15.1. The van der Waals surface area contributed by atoms with Crippen molar-refractivity contribution in [2.45, 2.75) is 32.2 Å². The van der Waals surface area contributed by atoms with E-state index >= 15 is 0 Å². The van der Waals surface area contributed by atoms with Crippen molar-refractivity contribution in [1.29, 1.82) is 0 Å². The minimum atomic E-state index is -0.312. The van der Waals surface area contributed by atoms with E-state index < -0.39 is 0 Å². The summed E-state index contributed by atoms with van der Waals surface area (Å²) in [7, 11) is 2.04. The minimum Gasteiger partial charge on any atom is -0.330 e. The Bertz CT molecular complexity index is 495. The van der Waals surface area contributed by atoms with Crippen LogP contribution in [0.2, 0.25) is 0 Å². The van der Waals surface area contributed by atoms with E-state index in [-0.39, 0.29) is 5.54 Å². The van der Waals surface area contributed by atoms with Gasteiger partial charge in [0.1, 0.15) is 5.82 Å². The molecule has 0 spiro atoms. The van der Waals surface area contributed by atoms with Crippen LogP contribution in [0.15, 0.2) is 24.3 Å². The van der Waals surface area contributed by atoms with Crippen LogP contribution in [0.5, 0.6) is 0 Å². The lowest BCUT2D eigenvalue weighted by Crippen LogP contribution is -2.37. The molecule has 16 heavy (non-hydrogen) atoms. The van der Waals surface area contributed by atoms with Crippen LogP contribution >= 0.6 is 0 Å². The maximum atomic E-state index is 6.40. The van der Waals surface area contributed by atoms with Crippen molar-refractivity contribution < 1.29 is 0 Å². The summed E-state index contributed by atoms with van der Waals surface area (Å²) in [6.07, 6.45) is 1.81. The number of nitrogens with two attached hydrogens (primary N) is 1. The number of aromatic nitrogens is 2. The van der Waals surface area contributed by atoms with E-state index in [2.05, 4.69) is 29.5 Å². The van der Waals surface area contributed by atoms with Crippen LogP contribution in [0, 0.1) is 0 Å². The van der Waals surface area contributed by atoms with Gasteiger partial charge in [0, 0.05) is 7.05 Å². The topological polar surface area (TPSA) is 43.8 Å². The predicted molar refractivity (Wildman–Crippen MR) is 67.2 cm³/mol. The number of benzene rings is 1. The molecule has 1 heterocycles. The molecule has 0 aliphatic carbocycles. The van der Waals surface area contributed by atoms with Gasteiger partial charge >= 0.3 is 0 Å². The van der Waals surface area contributed by atoms with Gasteiger partial charge in [-0.3, -0.25) is 0 Å². The number of hydrogen-bond donors (Lipinski definition) is 1. The number of fused-ring (bicyclic) bond motifs is 1. The van der Waals surface area contributed by atoms with Gasteiger partial charge in [-0.05, 0) is 25.0 Å². The summed E-state index contributed by atoms with van der Waals surface area (Å²) in [6, 6.07) is 8.15. The van der Waals surface area contributed by atoms with Crippen LogP contribution in [0.1, 0.15) is 32.5 Å². The van der Waals surface area contributed by atoms with E-state index in [4.69, 9.17) is 5.73 Å². The summed E-state index contributed by atoms with van der Waals surface area (Å²) in [6.45, 7) is 4.23. The Labute approximate surface area is 96.3 Å². The number of hydrogen-bond acceptors (Lipinski definition) is 2. The standard InChI is InChI=1S/C13H19N3/c1-4-13(14,5-2)12-15-10-8-6-7-9-11(10)16(12)3/h6-9H,4-5,14H2,1-3H3. The smallest absolute Gasteiger partial charge is 0.129 e. The molecule has 2 aromatic rings. The fourth-order valence-corrected chi connectivity index (χ4v) is 2.16. The summed E-state index contributed by atoms with van der Waals surface area (Å²) in [4.78, 5) is 4.66. The van der Waals surface area contributed by atoms with Crippen LogP contribution in [0.3, 0.4) is 0 Å². The molecule has 0 saturated heterocycles. The molecule has 2 N–H and O–H groups in total. The molecule has 3 heteroatoms. The molecule has 0 unspecified atom stereocenters. The molecular weight excluding hydrogens is 198 g/mol. The molecule has 1 aromatic heterocycles. The van der Waals surface area contributed by atoms with Crippen molar-refractivity contribution >= 4 is 11.0 Å². The van der Waals surface area contributed by atoms with Crippen molar-refractivity contribution in [3.05, 3.63) is 30.1 Å². The first-order chi connectivity index (χ1) is 7.62. The largest absolute Gasteiger partial charge is 0.330 e. The number of para-hydroxylation sites is 2. The summed E-state index contributed by atoms with van der Waals surface area (Å²) < 4.78 is 2.11. The van der Waals surface area contributed by atoms with Gasteiger partial charge < -0.3 is 10.3 Å². The van der Waals surface area contributed by atoms with Crippen LogP contribution in [-0.2, 0) is 12.6 Å². The molecule has 86 valence electrons. The maximum absolute atomic E-state index is 6.40. The van der Waals surface area contributed by atoms with Crippen molar-refractivity contribution in [2.24, 2.45) is 12.8 Å². The Kier molecular flexibility index (Phi) is 2.72. The van der Waals surface area contributed by atoms with Crippen molar-refractivity contribution in [3.8, 4) is 0 Å². The van der Waals surface area contributed by atoms with Crippen LogP contribution in [0.4, 0.5) is 0 Å². The number of imidazole rings is 1. The molecule has 0 bridgehead atoms. The van der Waals surface area contributed by atoms with E-state index in [1.807, 2.05) is 25.2 Å². The van der Waals surface area contributed by atoms with Crippen molar-refractivity contribution in [1.82, 2.24) is 9.55 Å². The molecule has 0 aliphatic heterocycles. The first-order valence-corrected chi connectivity index (χ1v) is 5.83. The monoisotopic (exact) mass is 217 g/mol. The summed E-state index contributed by atoms with van der Waals surface area (Å²) in [5.74, 6) is 0.985. The normalized spacial score (nSPS) is 12.2. The van der Waals surface area contributed by atoms with Crippen molar-refractivity contribution in [3.63, 3.8) is 0 Å². The average molecular weight is 217 g/mol. The zero-order chi connectivity index (χ0) is 11.8. The van der Waals surface area contributed by atoms with E-state index in [0.29, 0.717) is 0 Å². The molecular formula is C13H19N3. The van der Waals surface area contributed by atoms with E-state index in [1.165, 1.54) is 0 Å². The quantitative estimate of drug-likeness (QED) is 0.858. The zero-order valence-electron chi connectivity index (χ0n) is 10.2. The van der Waals surface area contributed by atoms with Crippen molar-refractivity contribution in [2.75, 3.05) is 0 Å². The molecule has 0 aliphatic rings. The molecule has 0 radical (unpaired) electrons. The highest BCUT2D eigenvalue weighted by Gasteiger charge is 2.28. The minimum absolute atomic E-state index is 0.312. The molecule has 2 rings (SSSR count). The van der Waals surface area contributed by atoms with Gasteiger partial charge in [-0.15, -0.1) is 0 Å². The Morgan fingerprint density at radius 2 is 1.88 bits per heavy atom. The summed E-state index contributed by atoms with van der Waals surface area (Å²) >= 11 is 0. The fraction of sp³-hybridized carbons (Fsp3) is 0.462. The number of nitrogens with zero attached hydrogens (tertiary/aromatic N) is 2. The summed E-state index contributed by atoms with van der Waals surface area (Å²) in [5, 5.41) is 0. The van der Waals surface area contributed by atoms with Gasteiger partial charge in [0.25, 0.3) is 0 Å². The number of aryl methyl sites for hydroxylation is 1. The van der Waals surface area contributed by atoms with Gasteiger partial charge in [0.15, 0.2) is 0 Å². The van der Waals surface area contributed by atoms with Crippen LogP contribution < -0.4 is 5.73 Å². The number of rotatable bonds is 3. The lowest BCUT2D eigenvalue weighted by Gasteiger charge is -2.25. The molecule has 0 fully saturated rings. The molecule has 1 aromatic carbocycles. The first-order valence-electron chi connectivity index (χ1n) is 5.83. The average Bonchev–Trinajstić information content (AvgIpc) is 2.67. The predicted octanol–water partition coefficient (Wildman–Crippen LogP) is 2.55. The Morgan fingerprint density at radius 3 is 2.44 bits per heavy atom.